The summed E-state index contributed by atoms with van der Waals surface area (Å²) in [6.07, 6.45) is 1.76. The van der Waals surface area contributed by atoms with Crippen LogP contribution in [0.4, 0.5) is 5.69 Å². The standard InChI is InChI=1S/C19H29N3O6/c1-4-28-18-14-16(22(24)25)15(13-17(18)27-3)19(23)21-9-5-7-20(10-11-21)8-6-12-26-2/h13-14H,4-12H2,1-3H3. The molecule has 1 fully saturated rings. The first-order valence-corrected chi connectivity index (χ1v) is 9.51. The Hall–Kier alpha value is -2.39. The Morgan fingerprint density at radius 1 is 1.18 bits per heavy atom. The van der Waals surface area contributed by atoms with Crippen LogP contribution in [0.5, 0.6) is 11.5 Å². The fourth-order valence-electron chi connectivity index (χ4n) is 3.30. The molecule has 1 heterocycles. The van der Waals surface area contributed by atoms with E-state index in [-0.39, 0.29) is 22.9 Å². The van der Waals surface area contributed by atoms with E-state index in [1.807, 2.05) is 0 Å². The van der Waals surface area contributed by atoms with Gasteiger partial charge < -0.3 is 24.0 Å². The van der Waals surface area contributed by atoms with Crippen LogP contribution in [0.15, 0.2) is 12.1 Å². The average molecular weight is 395 g/mol. The maximum absolute atomic E-state index is 13.1. The van der Waals surface area contributed by atoms with Crippen LogP contribution in [0.25, 0.3) is 0 Å². The number of nitrogens with zero attached hydrogens (tertiary/aromatic N) is 3. The number of nitro benzene ring substituents is 1. The third-order valence-electron chi connectivity index (χ3n) is 4.71. The van der Waals surface area contributed by atoms with Crippen LogP contribution in [0.3, 0.4) is 0 Å². The van der Waals surface area contributed by atoms with E-state index in [0.717, 1.165) is 32.5 Å². The predicted molar refractivity (Wildman–Crippen MR) is 104 cm³/mol. The Morgan fingerprint density at radius 3 is 2.61 bits per heavy atom. The van der Waals surface area contributed by atoms with Gasteiger partial charge in [0.15, 0.2) is 11.5 Å². The van der Waals surface area contributed by atoms with Crippen molar-refractivity contribution in [3.8, 4) is 11.5 Å². The van der Waals surface area contributed by atoms with Gasteiger partial charge in [-0.2, -0.15) is 0 Å². The number of amides is 1. The van der Waals surface area contributed by atoms with Crippen molar-refractivity contribution in [3.05, 3.63) is 27.8 Å². The smallest absolute Gasteiger partial charge is 0.286 e. The minimum absolute atomic E-state index is 0.0261. The van der Waals surface area contributed by atoms with Gasteiger partial charge in [-0.3, -0.25) is 14.9 Å². The number of nitro groups is 1. The van der Waals surface area contributed by atoms with Crippen molar-refractivity contribution in [3.63, 3.8) is 0 Å². The maximum Gasteiger partial charge on any atom is 0.286 e. The fourth-order valence-corrected chi connectivity index (χ4v) is 3.30. The first-order valence-electron chi connectivity index (χ1n) is 9.51. The summed E-state index contributed by atoms with van der Waals surface area (Å²) in [5.41, 5.74) is -0.242. The molecule has 0 atom stereocenters. The lowest BCUT2D eigenvalue weighted by Gasteiger charge is -2.22. The second kappa shape index (κ2) is 10.8. The van der Waals surface area contributed by atoms with Crippen molar-refractivity contribution in [1.29, 1.82) is 0 Å². The van der Waals surface area contributed by atoms with E-state index in [9.17, 15) is 14.9 Å². The SMILES string of the molecule is CCOc1cc([N+](=O)[O-])c(C(=O)N2CCCN(CCCOC)CC2)cc1OC. The van der Waals surface area contributed by atoms with Gasteiger partial charge in [0.25, 0.3) is 11.6 Å². The fraction of sp³-hybridized carbons (Fsp3) is 0.632. The Balaban J connectivity index is 2.19. The summed E-state index contributed by atoms with van der Waals surface area (Å²) >= 11 is 0. The zero-order valence-electron chi connectivity index (χ0n) is 16.8. The van der Waals surface area contributed by atoms with Crippen molar-refractivity contribution in [2.75, 3.05) is 60.2 Å². The summed E-state index contributed by atoms with van der Waals surface area (Å²) in [7, 11) is 3.13. The molecule has 0 aliphatic carbocycles. The van der Waals surface area contributed by atoms with Gasteiger partial charge in [0, 0.05) is 46.0 Å². The first kappa shape index (κ1) is 21.9. The number of rotatable bonds is 9. The average Bonchev–Trinajstić information content (AvgIpc) is 2.93. The molecule has 156 valence electrons. The lowest BCUT2D eigenvalue weighted by atomic mass is 10.1. The van der Waals surface area contributed by atoms with Crippen LogP contribution in [0.2, 0.25) is 0 Å². The summed E-state index contributed by atoms with van der Waals surface area (Å²) in [5.74, 6) is 0.215. The molecule has 9 heteroatoms. The molecule has 0 bridgehead atoms. The molecule has 0 radical (unpaired) electrons. The Kier molecular flexibility index (Phi) is 8.46. The van der Waals surface area contributed by atoms with Gasteiger partial charge in [-0.25, -0.2) is 0 Å². The molecular weight excluding hydrogens is 366 g/mol. The highest BCUT2D eigenvalue weighted by atomic mass is 16.6. The van der Waals surface area contributed by atoms with Crippen LogP contribution in [0, 0.1) is 10.1 Å². The molecule has 0 spiro atoms. The monoisotopic (exact) mass is 395 g/mol. The highest BCUT2D eigenvalue weighted by Crippen LogP contribution is 2.35. The summed E-state index contributed by atoms with van der Waals surface area (Å²) in [6.45, 7) is 6.44. The highest BCUT2D eigenvalue weighted by Gasteiger charge is 2.29. The third kappa shape index (κ3) is 5.56. The normalized spacial score (nSPS) is 15.2. The van der Waals surface area contributed by atoms with Gasteiger partial charge in [0.05, 0.1) is 24.7 Å². The second-order valence-electron chi connectivity index (χ2n) is 6.54. The van der Waals surface area contributed by atoms with E-state index in [1.54, 1.807) is 18.9 Å². The molecule has 1 aliphatic heterocycles. The van der Waals surface area contributed by atoms with Crippen molar-refractivity contribution in [2.24, 2.45) is 0 Å². The van der Waals surface area contributed by atoms with E-state index in [1.165, 1.54) is 19.2 Å². The summed E-state index contributed by atoms with van der Waals surface area (Å²) < 4.78 is 15.8. The number of ether oxygens (including phenoxy) is 3. The minimum atomic E-state index is -0.552. The predicted octanol–water partition coefficient (Wildman–Crippen LogP) is 2.19. The van der Waals surface area contributed by atoms with Crippen molar-refractivity contribution in [1.82, 2.24) is 9.80 Å². The third-order valence-corrected chi connectivity index (χ3v) is 4.71. The number of carbonyl (C=O) groups excluding carboxylic acids is 1. The number of hydrogen-bond donors (Lipinski definition) is 0. The number of carbonyl (C=O) groups is 1. The molecular formula is C19H29N3O6. The zero-order valence-corrected chi connectivity index (χ0v) is 16.8. The van der Waals surface area contributed by atoms with Crippen LogP contribution in [-0.2, 0) is 4.74 Å². The van der Waals surface area contributed by atoms with Gasteiger partial charge in [0.1, 0.15) is 5.56 Å². The first-order chi connectivity index (χ1) is 13.5. The van der Waals surface area contributed by atoms with E-state index in [0.29, 0.717) is 32.1 Å². The summed E-state index contributed by atoms with van der Waals surface area (Å²) in [4.78, 5) is 28.0. The molecule has 0 aromatic heterocycles. The summed E-state index contributed by atoms with van der Waals surface area (Å²) in [5, 5.41) is 11.6. The minimum Gasteiger partial charge on any atom is -0.493 e. The summed E-state index contributed by atoms with van der Waals surface area (Å²) in [6, 6.07) is 2.68. The molecule has 1 aliphatic rings. The molecule has 1 saturated heterocycles. The molecule has 2 rings (SSSR count). The van der Waals surface area contributed by atoms with Gasteiger partial charge in [0.2, 0.25) is 0 Å². The molecule has 28 heavy (non-hydrogen) atoms. The molecule has 1 aromatic rings. The second-order valence-corrected chi connectivity index (χ2v) is 6.54. The van der Waals surface area contributed by atoms with E-state index >= 15 is 0 Å². The largest absolute Gasteiger partial charge is 0.493 e. The van der Waals surface area contributed by atoms with Gasteiger partial charge in [-0.15, -0.1) is 0 Å². The van der Waals surface area contributed by atoms with Gasteiger partial charge in [-0.1, -0.05) is 0 Å². The van der Waals surface area contributed by atoms with E-state index in [2.05, 4.69) is 4.90 Å². The maximum atomic E-state index is 13.1. The number of benzene rings is 1. The van der Waals surface area contributed by atoms with Crippen molar-refractivity contribution < 1.29 is 23.9 Å². The van der Waals surface area contributed by atoms with Crippen LogP contribution in [-0.4, -0.2) is 80.8 Å². The topological polar surface area (TPSA) is 94.4 Å². The lowest BCUT2D eigenvalue weighted by molar-refractivity contribution is -0.385. The molecule has 0 saturated carbocycles. The van der Waals surface area contributed by atoms with Crippen LogP contribution in [0.1, 0.15) is 30.1 Å². The van der Waals surface area contributed by atoms with E-state index < -0.39 is 4.92 Å². The Labute approximate surface area is 165 Å². The molecule has 9 nitrogen and oxygen atoms in total. The Morgan fingerprint density at radius 2 is 1.96 bits per heavy atom. The van der Waals surface area contributed by atoms with Crippen molar-refractivity contribution in [2.45, 2.75) is 19.8 Å². The number of hydrogen-bond acceptors (Lipinski definition) is 7. The van der Waals surface area contributed by atoms with E-state index in [4.69, 9.17) is 14.2 Å². The molecule has 0 N–H and O–H groups in total. The lowest BCUT2D eigenvalue weighted by Crippen LogP contribution is -2.35. The van der Waals surface area contributed by atoms with Gasteiger partial charge in [-0.05, 0) is 26.3 Å². The van der Waals surface area contributed by atoms with Gasteiger partial charge >= 0.3 is 0 Å². The van der Waals surface area contributed by atoms with Crippen LogP contribution >= 0.6 is 0 Å². The number of methoxy groups -OCH3 is 2. The highest BCUT2D eigenvalue weighted by molar-refractivity contribution is 5.99. The van der Waals surface area contributed by atoms with Crippen LogP contribution < -0.4 is 9.47 Å². The Bertz CT molecular complexity index is 682. The molecule has 1 amide bonds. The quantitative estimate of drug-likeness (QED) is 0.359. The van der Waals surface area contributed by atoms with Crippen molar-refractivity contribution >= 4 is 11.6 Å². The molecule has 1 aromatic carbocycles. The zero-order chi connectivity index (χ0) is 20.5. The molecule has 0 unspecified atom stereocenters.